The number of aliphatic hydroxyl groups is 1. The lowest BCUT2D eigenvalue weighted by Crippen LogP contribution is -2.30. The molecule has 1 aliphatic heterocycles. The molecule has 7 heteroatoms. The number of amides is 1. The number of hydrogen-bond acceptors (Lipinski definition) is 4. The maximum atomic E-state index is 13.6. The van der Waals surface area contributed by atoms with Gasteiger partial charge in [0.1, 0.15) is 5.58 Å². The molecule has 1 amide bonds. The number of ketones is 1. The topological polar surface area (TPSA) is 70.8 Å². The number of nitrogens with zero attached hydrogens (tertiary/aromatic N) is 1. The minimum atomic E-state index is -0.801. The molecule has 0 radical (unpaired) electrons. The summed E-state index contributed by atoms with van der Waals surface area (Å²) in [6.07, 6.45) is 0. The second-order valence-corrected chi connectivity index (χ2v) is 9.18. The van der Waals surface area contributed by atoms with Gasteiger partial charge in [-0.15, -0.1) is 0 Å². The van der Waals surface area contributed by atoms with Crippen molar-refractivity contribution in [2.45, 2.75) is 6.04 Å². The Hall–Kier alpha value is -3.16. The molecule has 3 aromatic carbocycles. The number of aliphatic hydroxyl groups excluding tert-OH is 1. The maximum absolute atomic E-state index is 13.6. The van der Waals surface area contributed by atoms with Crippen molar-refractivity contribution in [3.8, 4) is 0 Å². The molecule has 32 heavy (non-hydrogen) atoms. The molecule has 5 nitrogen and oxygen atoms in total. The zero-order valence-electron chi connectivity index (χ0n) is 16.5. The van der Waals surface area contributed by atoms with Gasteiger partial charge < -0.3 is 9.52 Å². The molecule has 0 saturated carbocycles. The molecule has 1 N–H and O–H groups in total. The van der Waals surface area contributed by atoms with Crippen LogP contribution in [0.5, 0.6) is 0 Å². The van der Waals surface area contributed by atoms with E-state index in [4.69, 9.17) is 4.42 Å². The van der Waals surface area contributed by atoms with E-state index in [1.54, 1.807) is 36.4 Å². The average molecular weight is 553 g/mol. The second kappa shape index (κ2) is 8.07. The minimum Gasteiger partial charge on any atom is -0.503 e. The Kier molecular flexibility index (Phi) is 5.23. The lowest BCUT2D eigenvalue weighted by Gasteiger charge is -2.26. The van der Waals surface area contributed by atoms with Crippen molar-refractivity contribution in [2.24, 2.45) is 0 Å². The molecule has 2 heterocycles. The van der Waals surface area contributed by atoms with Crippen LogP contribution in [0.15, 0.2) is 104 Å². The van der Waals surface area contributed by atoms with Crippen LogP contribution >= 0.6 is 31.9 Å². The van der Waals surface area contributed by atoms with Crippen LogP contribution in [0, 0.1) is 0 Å². The summed E-state index contributed by atoms with van der Waals surface area (Å²) in [6.45, 7) is 0. The van der Waals surface area contributed by atoms with E-state index < -0.39 is 23.5 Å². The van der Waals surface area contributed by atoms with E-state index in [9.17, 15) is 14.7 Å². The van der Waals surface area contributed by atoms with Crippen molar-refractivity contribution in [2.75, 3.05) is 4.90 Å². The lowest BCUT2D eigenvalue weighted by atomic mass is 9.95. The first-order valence-corrected chi connectivity index (χ1v) is 11.3. The highest BCUT2D eigenvalue weighted by Gasteiger charge is 2.45. The number of furan rings is 1. The SMILES string of the molecule is O=C(C1=C(O)C(=O)N(c2ccccc2)C1c1ccc(Br)cc1)c1cc2cc(Br)ccc2o1. The van der Waals surface area contributed by atoms with Crippen molar-refractivity contribution >= 4 is 60.2 Å². The van der Waals surface area contributed by atoms with E-state index in [0.717, 1.165) is 14.3 Å². The molecule has 4 aromatic rings. The molecule has 1 aliphatic rings. The minimum absolute atomic E-state index is 0.0145. The molecule has 0 saturated heterocycles. The normalized spacial score (nSPS) is 16.2. The van der Waals surface area contributed by atoms with Gasteiger partial charge in [0.2, 0.25) is 5.78 Å². The third-order valence-electron chi connectivity index (χ3n) is 5.38. The Morgan fingerprint density at radius 1 is 0.906 bits per heavy atom. The Balaban J connectivity index is 1.66. The predicted molar refractivity (Wildman–Crippen MR) is 129 cm³/mol. The summed E-state index contributed by atoms with van der Waals surface area (Å²) in [5, 5.41) is 11.6. The number of carbonyl (C=O) groups is 2. The molecule has 0 spiro atoms. The van der Waals surface area contributed by atoms with Gasteiger partial charge in [-0.3, -0.25) is 14.5 Å². The fourth-order valence-corrected chi connectivity index (χ4v) is 4.55. The Morgan fingerprint density at radius 2 is 1.59 bits per heavy atom. The molecule has 5 rings (SSSR count). The number of rotatable bonds is 4. The fraction of sp³-hybridized carbons (Fsp3) is 0.0400. The highest BCUT2D eigenvalue weighted by Crippen LogP contribution is 2.42. The number of fused-ring (bicyclic) bond motifs is 1. The largest absolute Gasteiger partial charge is 0.503 e. The van der Waals surface area contributed by atoms with Gasteiger partial charge in [-0.05, 0) is 54.1 Å². The zero-order valence-corrected chi connectivity index (χ0v) is 19.6. The summed E-state index contributed by atoms with van der Waals surface area (Å²) >= 11 is 6.83. The highest BCUT2D eigenvalue weighted by molar-refractivity contribution is 9.10. The molecule has 1 atom stereocenters. The highest BCUT2D eigenvalue weighted by atomic mass is 79.9. The Labute approximate surface area is 200 Å². The quantitative estimate of drug-likeness (QED) is 0.285. The second-order valence-electron chi connectivity index (χ2n) is 7.35. The van der Waals surface area contributed by atoms with Crippen LogP contribution in [-0.2, 0) is 4.79 Å². The van der Waals surface area contributed by atoms with E-state index in [1.165, 1.54) is 4.90 Å². The van der Waals surface area contributed by atoms with Gasteiger partial charge in [0.15, 0.2) is 11.5 Å². The first-order valence-electron chi connectivity index (χ1n) is 9.75. The molecular formula is C25H15Br2NO4. The summed E-state index contributed by atoms with van der Waals surface area (Å²) in [6, 6.07) is 22.5. The zero-order chi connectivity index (χ0) is 22.4. The van der Waals surface area contributed by atoms with Crippen molar-refractivity contribution in [1.29, 1.82) is 0 Å². The van der Waals surface area contributed by atoms with Crippen molar-refractivity contribution < 1.29 is 19.1 Å². The van der Waals surface area contributed by atoms with Gasteiger partial charge >= 0.3 is 0 Å². The standard InChI is InChI=1S/C25H15Br2NO4/c26-16-8-6-14(7-9-16)22-21(24(30)25(31)28(22)18-4-2-1-3-5-18)23(29)20-13-15-12-17(27)10-11-19(15)32-20/h1-13,22,30H. The summed E-state index contributed by atoms with van der Waals surface area (Å²) < 4.78 is 7.49. The Bertz CT molecular complexity index is 1390. The van der Waals surface area contributed by atoms with Crippen molar-refractivity contribution in [1.82, 2.24) is 0 Å². The number of anilines is 1. The van der Waals surface area contributed by atoms with Gasteiger partial charge in [-0.25, -0.2) is 0 Å². The van der Waals surface area contributed by atoms with Gasteiger partial charge in [0, 0.05) is 20.0 Å². The van der Waals surface area contributed by atoms with Crippen LogP contribution in [0.2, 0.25) is 0 Å². The van der Waals surface area contributed by atoms with Crippen molar-refractivity contribution in [3.05, 3.63) is 110 Å². The number of halogens is 2. The number of hydrogen-bond donors (Lipinski definition) is 1. The van der Waals surface area contributed by atoms with Gasteiger partial charge in [-0.2, -0.15) is 0 Å². The first kappa shape index (κ1) is 20.7. The van der Waals surface area contributed by atoms with Crippen molar-refractivity contribution in [3.63, 3.8) is 0 Å². The van der Waals surface area contributed by atoms with Gasteiger partial charge in [0.25, 0.3) is 5.91 Å². The molecule has 0 fully saturated rings. The third-order valence-corrected chi connectivity index (χ3v) is 6.40. The van der Waals surface area contributed by atoms with Gasteiger partial charge in [0.05, 0.1) is 11.6 Å². The summed E-state index contributed by atoms with van der Waals surface area (Å²) in [5.74, 6) is -1.68. The number of para-hydroxylation sites is 1. The summed E-state index contributed by atoms with van der Waals surface area (Å²) in [7, 11) is 0. The predicted octanol–water partition coefficient (Wildman–Crippen LogP) is 6.74. The molecular weight excluding hydrogens is 538 g/mol. The number of Topliss-reactive ketones (excluding diaryl/α,β-unsaturated/α-hetero) is 1. The van der Waals surface area contributed by atoms with E-state index >= 15 is 0 Å². The molecule has 0 aliphatic carbocycles. The van der Waals surface area contributed by atoms with E-state index in [1.807, 2.05) is 42.5 Å². The third kappa shape index (κ3) is 3.47. The molecule has 158 valence electrons. The average Bonchev–Trinajstić information content (AvgIpc) is 3.33. The van der Waals surface area contributed by atoms with E-state index in [0.29, 0.717) is 16.8 Å². The monoisotopic (exact) mass is 551 g/mol. The van der Waals surface area contributed by atoms with Crippen LogP contribution < -0.4 is 4.90 Å². The smallest absolute Gasteiger partial charge is 0.294 e. The fourth-order valence-electron chi connectivity index (χ4n) is 3.91. The van der Waals surface area contributed by atoms with Gasteiger partial charge in [-0.1, -0.05) is 62.2 Å². The number of benzene rings is 3. The van der Waals surface area contributed by atoms with Crippen LogP contribution in [0.1, 0.15) is 22.2 Å². The molecule has 1 aromatic heterocycles. The van der Waals surface area contributed by atoms with E-state index in [-0.39, 0.29) is 11.3 Å². The summed E-state index contributed by atoms with van der Waals surface area (Å²) in [4.78, 5) is 28.1. The van der Waals surface area contributed by atoms with E-state index in [2.05, 4.69) is 31.9 Å². The Morgan fingerprint density at radius 3 is 2.31 bits per heavy atom. The molecule has 0 bridgehead atoms. The molecule has 1 unspecified atom stereocenters. The summed E-state index contributed by atoms with van der Waals surface area (Å²) in [5.41, 5.74) is 1.80. The van der Waals surface area contributed by atoms with Crippen LogP contribution in [0.3, 0.4) is 0 Å². The first-order chi connectivity index (χ1) is 15.4. The lowest BCUT2D eigenvalue weighted by molar-refractivity contribution is -0.117. The van der Waals surface area contributed by atoms with Crippen LogP contribution in [0.4, 0.5) is 5.69 Å². The number of carbonyl (C=O) groups excluding carboxylic acids is 2. The maximum Gasteiger partial charge on any atom is 0.294 e. The van der Waals surface area contributed by atoms with Crippen LogP contribution in [0.25, 0.3) is 11.0 Å². The van der Waals surface area contributed by atoms with Crippen LogP contribution in [-0.4, -0.2) is 16.8 Å².